The number of aromatic amines is 1. The Morgan fingerprint density at radius 2 is 1.82 bits per heavy atom. The largest absolute Gasteiger partial charge is 0.496 e. The van der Waals surface area contributed by atoms with Crippen LogP contribution in [0.4, 0.5) is 0 Å². The number of hydrogen-bond acceptors (Lipinski definition) is 6. The lowest BCUT2D eigenvalue weighted by molar-refractivity contribution is -0.139. The zero-order valence-electron chi connectivity index (χ0n) is 23.1. The number of carbonyl (C=O) groups excluding carboxylic acids is 2. The van der Waals surface area contributed by atoms with Crippen molar-refractivity contribution >= 4 is 34.1 Å². The van der Waals surface area contributed by atoms with Crippen molar-refractivity contribution in [2.24, 2.45) is 0 Å². The number of fused-ring (bicyclic) bond motifs is 1. The number of amides is 1. The third-order valence-corrected chi connectivity index (χ3v) is 6.96. The molecule has 1 aliphatic carbocycles. The lowest BCUT2D eigenvalue weighted by Crippen LogP contribution is -2.42. The number of aromatic nitrogens is 1. The zero-order chi connectivity index (χ0) is 28.8. The highest BCUT2D eigenvalue weighted by molar-refractivity contribution is 6.15. The third-order valence-electron chi connectivity index (χ3n) is 6.96. The third kappa shape index (κ3) is 6.16. The quantitative estimate of drug-likeness (QED) is 0.285. The maximum atomic E-state index is 13.1. The van der Waals surface area contributed by atoms with E-state index in [0.717, 1.165) is 22.3 Å². The summed E-state index contributed by atoms with van der Waals surface area (Å²) in [6, 6.07) is 13.3. The van der Waals surface area contributed by atoms with E-state index < -0.39 is 17.9 Å². The van der Waals surface area contributed by atoms with Crippen molar-refractivity contribution in [3.63, 3.8) is 0 Å². The summed E-state index contributed by atoms with van der Waals surface area (Å²) in [6.45, 7) is 4.45. The van der Waals surface area contributed by atoms with Crippen LogP contribution in [-0.4, -0.2) is 67.3 Å². The molecule has 40 heavy (non-hydrogen) atoms. The monoisotopic (exact) mass is 546 g/mol. The van der Waals surface area contributed by atoms with E-state index in [0.29, 0.717) is 36.3 Å². The number of nitrogens with one attached hydrogen (secondary N) is 2. The smallest absolute Gasteiger partial charge is 0.326 e. The van der Waals surface area contributed by atoms with Gasteiger partial charge in [0, 0.05) is 43.0 Å². The Morgan fingerprint density at radius 1 is 1.10 bits per heavy atom. The van der Waals surface area contributed by atoms with Gasteiger partial charge in [-0.25, -0.2) is 4.79 Å². The number of allylic oxidation sites excluding steroid dienone is 1. The summed E-state index contributed by atoms with van der Waals surface area (Å²) in [5.74, 6) is -1.43. The molecule has 3 aromatic rings. The van der Waals surface area contributed by atoms with Crippen molar-refractivity contribution in [2.75, 3.05) is 27.4 Å². The Balaban J connectivity index is 1.55. The normalized spacial score (nSPS) is 16.0. The molecular weight excluding hydrogens is 512 g/mol. The van der Waals surface area contributed by atoms with Crippen LogP contribution in [0, 0.1) is 0 Å². The molecule has 0 spiro atoms. The topological polar surface area (TPSA) is 127 Å². The van der Waals surface area contributed by atoms with E-state index in [-0.39, 0.29) is 29.6 Å². The second-order valence-corrected chi connectivity index (χ2v) is 9.59. The molecule has 2 unspecified atom stereocenters. The summed E-state index contributed by atoms with van der Waals surface area (Å²) in [6.07, 6.45) is 2.48. The van der Waals surface area contributed by atoms with Crippen LogP contribution in [0.15, 0.2) is 65.9 Å². The fraction of sp³-hybridized carbons (Fsp3) is 0.323. The molecular formula is C31H34N2O7. The molecule has 0 aliphatic heterocycles. The number of ether oxygens (including phenoxy) is 3. The van der Waals surface area contributed by atoms with Gasteiger partial charge >= 0.3 is 5.97 Å². The average Bonchev–Trinajstić information content (AvgIpc) is 3.36. The Kier molecular flexibility index (Phi) is 9.19. The summed E-state index contributed by atoms with van der Waals surface area (Å²) in [7, 11) is 3.27. The van der Waals surface area contributed by atoms with Gasteiger partial charge in [-0.2, -0.15) is 0 Å². The molecule has 1 aliphatic rings. The first-order valence-corrected chi connectivity index (χ1v) is 13.1. The fourth-order valence-corrected chi connectivity index (χ4v) is 5.02. The Labute approximate surface area is 232 Å². The molecule has 9 heteroatoms. The standard InChI is InChI=1S/C31H34N2O7/c1-5-40-17-20-15-25(38-3)28(26(16-20)39-4)21-12-10-19(11-13-21)14-24(31(36)37)33-30(35)29-27(18(2)34)22-8-6-7-9-23(22)32-29/h6-13,15,24,26,32H,5,14,16-17H2,1-4H3,(H,33,35)(H,36,37). The minimum atomic E-state index is -1.20. The number of carbonyl (C=O) groups is 3. The number of carboxylic acids is 1. The minimum absolute atomic E-state index is 0.0500. The first kappa shape index (κ1) is 28.8. The van der Waals surface area contributed by atoms with E-state index in [9.17, 15) is 19.5 Å². The van der Waals surface area contributed by atoms with Crippen LogP contribution in [0.5, 0.6) is 0 Å². The van der Waals surface area contributed by atoms with Gasteiger partial charge < -0.3 is 29.6 Å². The van der Waals surface area contributed by atoms with Gasteiger partial charge in [-0.1, -0.05) is 42.5 Å². The van der Waals surface area contributed by atoms with Crippen LogP contribution < -0.4 is 5.32 Å². The van der Waals surface area contributed by atoms with Gasteiger partial charge in [0.1, 0.15) is 17.5 Å². The lowest BCUT2D eigenvalue weighted by Gasteiger charge is -2.27. The van der Waals surface area contributed by atoms with E-state index in [4.69, 9.17) is 14.2 Å². The molecule has 1 amide bonds. The van der Waals surface area contributed by atoms with E-state index in [1.807, 2.05) is 37.3 Å². The van der Waals surface area contributed by atoms with Crippen LogP contribution in [-0.2, 0) is 25.4 Å². The predicted molar refractivity (Wildman–Crippen MR) is 151 cm³/mol. The van der Waals surface area contributed by atoms with Crippen molar-refractivity contribution in [1.29, 1.82) is 0 Å². The number of aliphatic carboxylic acids is 1. The Bertz CT molecular complexity index is 1470. The molecule has 0 fully saturated rings. The van der Waals surface area contributed by atoms with Gasteiger partial charge in [0.05, 0.1) is 25.4 Å². The number of hydrogen-bond donors (Lipinski definition) is 3. The van der Waals surface area contributed by atoms with E-state index >= 15 is 0 Å². The Morgan fingerprint density at radius 3 is 2.45 bits per heavy atom. The molecule has 1 aromatic heterocycles. The van der Waals surface area contributed by atoms with Gasteiger partial charge in [-0.15, -0.1) is 0 Å². The summed E-state index contributed by atoms with van der Waals surface area (Å²) in [5.41, 5.74) is 4.50. The summed E-state index contributed by atoms with van der Waals surface area (Å²) >= 11 is 0. The molecule has 2 aromatic carbocycles. The summed E-state index contributed by atoms with van der Waals surface area (Å²) < 4.78 is 17.0. The van der Waals surface area contributed by atoms with Crippen molar-refractivity contribution in [3.8, 4) is 0 Å². The van der Waals surface area contributed by atoms with Crippen LogP contribution in [0.25, 0.3) is 16.5 Å². The molecule has 2 atom stereocenters. The highest BCUT2D eigenvalue weighted by atomic mass is 16.5. The number of ketones is 1. The van der Waals surface area contributed by atoms with Gasteiger partial charge in [0.25, 0.3) is 5.91 Å². The van der Waals surface area contributed by atoms with E-state index in [2.05, 4.69) is 10.3 Å². The van der Waals surface area contributed by atoms with Crippen LogP contribution >= 0.6 is 0 Å². The van der Waals surface area contributed by atoms with Crippen molar-refractivity contribution in [2.45, 2.75) is 38.8 Å². The number of benzene rings is 2. The summed E-state index contributed by atoms with van der Waals surface area (Å²) in [4.78, 5) is 40.5. The SMILES string of the molecule is CCOCC1=CC(OC)=C(c2ccc(CC(NC(=O)c3[nH]c4ccccc4c3C(C)=O)C(=O)O)cc2)C(OC)C1. The van der Waals surface area contributed by atoms with Crippen molar-refractivity contribution < 1.29 is 33.7 Å². The molecule has 0 bridgehead atoms. The maximum Gasteiger partial charge on any atom is 0.326 e. The molecule has 1 heterocycles. The van der Waals surface area contributed by atoms with Crippen LogP contribution in [0.1, 0.15) is 52.2 Å². The van der Waals surface area contributed by atoms with Crippen molar-refractivity contribution in [3.05, 3.63) is 88.3 Å². The number of H-pyrrole nitrogens is 1. The van der Waals surface area contributed by atoms with E-state index in [1.54, 1.807) is 38.5 Å². The lowest BCUT2D eigenvalue weighted by atomic mass is 9.88. The molecule has 9 nitrogen and oxygen atoms in total. The van der Waals surface area contributed by atoms with Crippen LogP contribution in [0.2, 0.25) is 0 Å². The molecule has 4 rings (SSSR count). The van der Waals surface area contributed by atoms with Crippen molar-refractivity contribution in [1.82, 2.24) is 10.3 Å². The van der Waals surface area contributed by atoms with Gasteiger partial charge in [-0.3, -0.25) is 9.59 Å². The number of para-hydroxylation sites is 1. The highest BCUT2D eigenvalue weighted by Gasteiger charge is 2.28. The number of methoxy groups -OCH3 is 2. The number of Topliss-reactive ketones (excluding diaryl/α,β-unsaturated/α-hetero) is 1. The molecule has 210 valence electrons. The molecule has 3 N–H and O–H groups in total. The van der Waals surface area contributed by atoms with Crippen LogP contribution in [0.3, 0.4) is 0 Å². The summed E-state index contributed by atoms with van der Waals surface area (Å²) in [5, 5.41) is 13.1. The maximum absolute atomic E-state index is 13.1. The molecule has 0 radical (unpaired) electrons. The second kappa shape index (κ2) is 12.8. The minimum Gasteiger partial charge on any atom is -0.496 e. The average molecular weight is 547 g/mol. The highest BCUT2D eigenvalue weighted by Crippen LogP contribution is 2.34. The number of carboxylic acid groups (broad SMARTS) is 1. The second-order valence-electron chi connectivity index (χ2n) is 9.59. The predicted octanol–water partition coefficient (Wildman–Crippen LogP) is 4.54. The molecule has 0 saturated carbocycles. The Hall–Kier alpha value is -4.21. The van der Waals surface area contributed by atoms with E-state index in [1.165, 1.54) is 6.92 Å². The van der Waals surface area contributed by atoms with Gasteiger partial charge in [0.2, 0.25) is 0 Å². The first-order valence-electron chi connectivity index (χ1n) is 13.1. The first-order chi connectivity index (χ1) is 19.3. The molecule has 0 saturated heterocycles. The van der Waals surface area contributed by atoms with Gasteiger partial charge in [-0.05, 0) is 42.7 Å². The zero-order valence-corrected chi connectivity index (χ0v) is 23.1. The van der Waals surface area contributed by atoms with Gasteiger partial charge in [0.15, 0.2) is 5.78 Å². The number of rotatable bonds is 12. The fourth-order valence-electron chi connectivity index (χ4n) is 5.02.